The van der Waals surface area contributed by atoms with Crippen LogP contribution in [0.15, 0.2) is 35.5 Å². The summed E-state index contributed by atoms with van der Waals surface area (Å²) < 4.78 is 1.57. The molecule has 1 atom stereocenters. The Morgan fingerprint density at radius 2 is 2.13 bits per heavy atom. The highest BCUT2D eigenvalue weighted by Gasteiger charge is 2.31. The van der Waals surface area contributed by atoms with E-state index in [9.17, 15) is 9.59 Å². The lowest BCUT2D eigenvalue weighted by Gasteiger charge is -2.33. The normalized spacial score (nSPS) is 16.4. The van der Waals surface area contributed by atoms with E-state index in [2.05, 4.69) is 36.1 Å². The van der Waals surface area contributed by atoms with Gasteiger partial charge in [-0.05, 0) is 48.3 Å². The van der Waals surface area contributed by atoms with Crippen molar-refractivity contribution in [1.29, 1.82) is 0 Å². The zero-order valence-corrected chi connectivity index (χ0v) is 18.6. The van der Waals surface area contributed by atoms with E-state index in [0.29, 0.717) is 19.0 Å². The Morgan fingerprint density at radius 3 is 2.87 bits per heavy atom. The van der Waals surface area contributed by atoms with Crippen LogP contribution >= 0.6 is 11.3 Å². The van der Waals surface area contributed by atoms with E-state index in [1.807, 2.05) is 18.2 Å². The fourth-order valence-corrected chi connectivity index (χ4v) is 5.36. The van der Waals surface area contributed by atoms with E-state index in [0.717, 1.165) is 35.2 Å². The lowest BCUT2D eigenvalue weighted by Crippen LogP contribution is -2.28. The SMILES string of the molecule is CC(C)(C)C1CCc2c(sc3ncn(CCC(=O)NCc4ccccn4)c(=O)c23)C1. The van der Waals surface area contributed by atoms with Gasteiger partial charge < -0.3 is 5.32 Å². The number of amides is 1. The molecule has 1 N–H and O–H groups in total. The number of fused-ring (bicyclic) bond motifs is 3. The van der Waals surface area contributed by atoms with E-state index in [-0.39, 0.29) is 23.3 Å². The number of thiophene rings is 1. The second kappa shape index (κ2) is 8.30. The molecule has 0 aliphatic heterocycles. The summed E-state index contributed by atoms with van der Waals surface area (Å²) in [5.41, 5.74) is 2.24. The second-order valence-electron chi connectivity index (χ2n) is 9.08. The Morgan fingerprint density at radius 1 is 1.30 bits per heavy atom. The molecule has 1 unspecified atom stereocenters. The summed E-state index contributed by atoms with van der Waals surface area (Å²) in [7, 11) is 0. The summed E-state index contributed by atoms with van der Waals surface area (Å²) in [6, 6.07) is 5.60. The van der Waals surface area contributed by atoms with Crippen molar-refractivity contribution in [3.05, 3.63) is 57.2 Å². The highest BCUT2D eigenvalue weighted by molar-refractivity contribution is 7.18. The summed E-state index contributed by atoms with van der Waals surface area (Å²) >= 11 is 1.66. The maximum absolute atomic E-state index is 13.1. The lowest BCUT2D eigenvalue weighted by atomic mass is 9.72. The van der Waals surface area contributed by atoms with Gasteiger partial charge in [0.25, 0.3) is 5.56 Å². The summed E-state index contributed by atoms with van der Waals surface area (Å²) in [6.45, 7) is 7.59. The van der Waals surface area contributed by atoms with Gasteiger partial charge in [-0.2, -0.15) is 0 Å². The first-order valence-corrected chi connectivity index (χ1v) is 11.3. The van der Waals surface area contributed by atoms with Gasteiger partial charge in [-0.25, -0.2) is 4.98 Å². The number of carbonyl (C=O) groups is 1. The van der Waals surface area contributed by atoms with Crippen molar-refractivity contribution >= 4 is 27.5 Å². The largest absolute Gasteiger partial charge is 0.350 e. The molecule has 1 aliphatic rings. The molecule has 3 aromatic heterocycles. The van der Waals surface area contributed by atoms with Crippen LogP contribution in [0.2, 0.25) is 0 Å². The number of hydrogen-bond donors (Lipinski definition) is 1. The molecule has 30 heavy (non-hydrogen) atoms. The van der Waals surface area contributed by atoms with Crippen molar-refractivity contribution in [1.82, 2.24) is 19.9 Å². The van der Waals surface area contributed by atoms with Crippen LogP contribution in [0.5, 0.6) is 0 Å². The number of carbonyl (C=O) groups excluding carboxylic acids is 1. The van der Waals surface area contributed by atoms with Gasteiger partial charge in [0, 0.05) is 24.0 Å². The minimum atomic E-state index is -0.104. The molecule has 0 fully saturated rings. The second-order valence-corrected chi connectivity index (χ2v) is 10.2. The molecule has 7 heteroatoms. The fourth-order valence-electron chi connectivity index (χ4n) is 4.10. The third-order valence-electron chi connectivity index (χ3n) is 6.03. The minimum absolute atomic E-state index is 0.0239. The van der Waals surface area contributed by atoms with E-state index in [1.54, 1.807) is 28.4 Å². The average Bonchev–Trinajstić information content (AvgIpc) is 3.10. The van der Waals surface area contributed by atoms with E-state index in [1.165, 1.54) is 10.4 Å². The molecule has 158 valence electrons. The van der Waals surface area contributed by atoms with Crippen LogP contribution in [-0.2, 0) is 30.7 Å². The number of hydrogen-bond acceptors (Lipinski definition) is 5. The lowest BCUT2D eigenvalue weighted by molar-refractivity contribution is -0.121. The quantitative estimate of drug-likeness (QED) is 0.677. The Hall–Kier alpha value is -2.54. The molecule has 6 nitrogen and oxygen atoms in total. The van der Waals surface area contributed by atoms with Crippen molar-refractivity contribution in [2.45, 2.75) is 59.5 Å². The molecule has 1 aliphatic carbocycles. The van der Waals surface area contributed by atoms with Crippen molar-refractivity contribution in [3.63, 3.8) is 0 Å². The number of nitrogens with one attached hydrogen (secondary N) is 1. The highest BCUT2D eigenvalue weighted by atomic mass is 32.1. The standard InChI is InChI=1S/C23H28N4O2S/c1-23(2,3)15-7-8-17-18(12-15)30-21-20(17)22(29)27(14-26-21)11-9-19(28)25-13-16-6-4-5-10-24-16/h4-6,10,14-15H,7-9,11-13H2,1-3H3,(H,25,28). The topological polar surface area (TPSA) is 76.9 Å². The van der Waals surface area contributed by atoms with Gasteiger partial charge in [-0.1, -0.05) is 26.8 Å². The first-order chi connectivity index (χ1) is 14.3. The highest BCUT2D eigenvalue weighted by Crippen LogP contribution is 2.41. The Balaban J connectivity index is 1.46. The number of aryl methyl sites for hydroxylation is 2. The fraction of sp³-hybridized carbons (Fsp3) is 0.478. The van der Waals surface area contributed by atoms with Gasteiger partial charge in [-0.15, -0.1) is 11.3 Å². The van der Waals surface area contributed by atoms with Gasteiger partial charge in [0.05, 0.1) is 24.0 Å². The predicted octanol–water partition coefficient (Wildman–Crippen LogP) is 3.71. The summed E-state index contributed by atoms with van der Waals surface area (Å²) in [4.78, 5) is 36.2. The molecule has 3 heterocycles. The first kappa shape index (κ1) is 20.7. The smallest absolute Gasteiger partial charge is 0.262 e. The van der Waals surface area contributed by atoms with Gasteiger partial charge in [0.1, 0.15) is 4.83 Å². The van der Waals surface area contributed by atoms with Gasteiger partial charge in [-0.3, -0.25) is 19.1 Å². The number of nitrogens with zero attached hydrogens (tertiary/aromatic N) is 3. The van der Waals surface area contributed by atoms with Crippen LogP contribution < -0.4 is 10.9 Å². The Kier molecular flexibility index (Phi) is 5.73. The van der Waals surface area contributed by atoms with Gasteiger partial charge >= 0.3 is 0 Å². The van der Waals surface area contributed by atoms with Crippen molar-refractivity contribution in [2.24, 2.45) is 11.3 Å². The number of rotatable bonds is 5. The Labute approximate surface area is 180 Å². The zero-order chi connectivity index (χ0) is 21.3. The van der Waals surface area contributed by atoms with Crippen LogP contribution in [0.3, 0.4) is 0 Å². The van der Waals surface area contributed by atoms with Crippen molar-refractivity contribution < 1.29 is 4.79 Å². The monoisotopic (exact) mass is 424 g/mol. The van der Waals surface area contributed by atoms with Crippen LogP contribution in [0.4, 0.5) is 0 Å². The molecular formula is C23H28N4O2S. The third kappa shape index (κ3) is 4.31. The first-order valence-electron chi connectivity index (χ1n) is 10.5. The molecular weight excluding hydrogens is 396 g/mol. The number of aromatic nitrogens is 3. The maximum Gasteiger partial charge on any atom is 0.262 e. The predicted molar refractivity (Wildman–Crippen MR) is 120 cm³/mol. The van der Waals surface area contributed by atoms with E-state index in [4.69, 9.17) is 0 Å². The molecule has 3 aromatic rings. The molecule has 1 amide bonds. The Bertz CT molecular complexity index is 1110. The van der Waals surface area contributed by atoms with Crippen LogP contribution in [-0.4, -0.2) is 20.4 Å². The van der Waals surface area contributed by atoms with E-state index < -0.39 is 0 Å². The maximum atomic E-state index is 13.1. The molecule has 0 radical (unpaired) electrons. The average molecular weight is 425 g/mol. The molecule has 0 saturated carbocycles. The van der Waals surface area contributed by atoms with Crippen LogP contribution in [0.1, 0.15) is 49.7 Å². The van der Waals surface area contributed by atoms with Crippen LogP contribution in [0, 0.1) is 11.3 Å². The molecule has 4 rings (SSSR count). The van der Waals surface area contributed by atoms with E-state index >= 15 is 0 Å². The molecule has 0 saturated heterocycles. The minimum Gasteiger partial charge on any atom is -0.350 e. The molecule has 0 spiro atoms. The molecule has 0 bridgehead atoms. The number of pyridine rings is 1. The summed E-state index contributed by atoms with van der Waals surface area (Å²) in [6.07, 6.45) is 6.58. The van der Waals surface area contributed by atoms with Crippen molar-refractivity contribution in [2.75, 3.05) is 0 Å². The van der Waals surface area contributed by atoms with Gasteiger partial charge in [0.2, 0.25) is 5.91 Å². The molecule has 0 aromatic carbocycles. The van der Waals surface area contributed by atoms with Crippen molar-refractivity contribution in [3.8, 4) is 0 Å². The third-order valence-corrected chi connectivity index (χ3v) is 7.20. The van der Waals surface area contributed by atoms with Crippen LogP contribution in [0.25, 0.3) is 10.2 Å². The zero-order valence-electron chi connectivity index (χ0n) is 17.8. The summed E-state index contributed by atoms with van der Waals surface area (Å²) in [5, 5.41) is 3.62. The summed E-state index contributed by atoms with van der Waals surface area (Å²) in [5.74, 6) is 0.524. The van der Waals surface area contributed by atoms with Gasteiger partial charge in [0.15, 0.2) is 0 Å².